The van der Waals surface area contributed by atoms with Gasteiger partial charge < -0.3 is 10.1 Å². The fourth-order valence-electron chi connectivity index (χ4n) is 3.34. The number of aryl methyl sites for hydroxylation is 1. The number of fused-ring (bicyclic) bond motifs is 1. The summed E-state index contributed by atoms with van der Waals surface area (Å²) < 4.78 is 45.1. The summed E-state index contributed by atoms with van der Waals surface area (Å²) in [6.45, 7) is -0.378. The topological polar surface area (TPSA) is 73.2 Å². The normalized spacial score (nSPS) is 11.4. The van der Waals surface area contributed by atoms with E-state index in [0.717, 1.165) is 23.1 Å². The van der Waals surface area contributed by atoms with Crippen molar-refractivity contribution in [3.05, 3.63) is 88.7 Å². The highest BCUT2D eigenvalue weighted by atomic mass is 19.4. The van der Waals surface area contributed by atoms with Crippen molar-refractivity contribution in [1.82, 2.24) is 9.78 Å². The van der Waals surface area contributed by atoms with E-state index >= 15 is 0 Å². The monoisotopic (exact) mass is 453 g/mol. The van der Waals surface area contributed by atoms with E-state index in [2.05, 4.69) is 10.4 Å². The van der Waals surface area contributed by atoms with Crippen molar-refractivity contribution in [3.8, 4) is 17.0 Å². The van der Waals surface area contributed by atoms with Crippen LogP contribution in [0.25, 0.3) is 22.0 Å². The van der Waals surface area contributed by atoms with Crippen molar-refractivity contribution >= 4 is 22.4 Å². The number of benzene rings is 3. The van der Waals surface area contributed by atoms with Gasteiger partial charge in [0.25, 0.3) is 11.5 Å². The Kier molecular flexibility index (Phi) is 5.87. The molecule has 0 radical (unpaired) electrons. The number of rotatable bonds is 5. The molecule has 1 N–H and O–H groups in total. The van der Waals surface area contributed by atoms with Gasteiger partial charge in [0.2, 0.25) is 0 Å². The number of alkyl halides is 3. The summed E-state index contributed by atoms with van der Waals surface area (Å²) in [4.78, 5) is 24.4. The molecule has 0 spiro atoms. The Labute approximate surface area is 186 Å². The zero-order valence-electron chi connectivity index (χ0n) is 17.4. The molecule has 0 fully saturated rings. The van der Waals surface area contributed by atoms with Crippen molar-refractivity contribution in [3.63, 3.8) is 0 Å². The minimum Gasteiger partial charge on any atom is -0.484 e. The van der Waals surface area contributed by atoms with E-state index in [1.807, 2.05) is 12.1 Å². The number of anilines is 1. The molecule has 1 heterocycles. The van der Waals surface area contributed by atoms with Crippen LogP contribution in [-0.2, 0) is 18.0 Å². The lowest BCUT2D eigenvalue weighted by molar-refractivity contribution is -0.137. The molecule has 1 aromatic heterocycles. The number of halogens is 3. The third kappa shape index (κ3) is 4.87. The fraction of sp³-hybridized carbons (Fsp3) is 0.125. The van der Waals surface area contributed by atoms with Crippen molar-refractivity contribution in [2.75, 3.05) is 11.9 Å². The molecule has 4 aromatic rings. The molecule has 0 bridgehead atoms. The van der Waals surface area contributed by atoms with Crippen LogP contribution < -0.4 is 15.6 Å². The van der Waals surface area contributed by atoms with Crippen LogP contribution in [0.15, 0.2) is 77.6 Å². The smallest absolute Gasteiger partial charge is 0.416 e. The first kappa shape index (κ1) is 22.1. The van der Waals surface area contributed by atoms with Crippen molar-refractivity contribution in [2.24, 2.45) is 7.05 Å². The minimum atomic E-state index is -4.50. The lowest BCUT2D eigenvalue weighted by atomic mass is 10.1. The first-order valence-electron chi connectivity index (χ1n) is 9.89. The summed E-state index contributed by atoms with van der Waals surface area (Å²) in [7, 11) is 1.58. The van der Waals surface area contributed by atoms with Gasteiger partial charge in [0, 0.05) is 23.7 Å². The molecule has 0 aliphatic heterocycles. The summed E-state index contributed by atoms with van der Waals surface area (Å²) in [5.41, 5.74) is 0.364. The lowest BCUT2D eigenvalue weighted by Gasteiger charge is -2.11. The van der Waals surface area contributed by atoms with Crippen LogP contribution in [0.1, 0.15) is 5.56 Å². The number of nitrogens with one attached hydrogen (secondary N) is 1. The van der Waals surface area contributed by atoms with Gasteiger partial charge in [-0.3, -0.25) is 9.59 Å². The largest absolute Gasteiger partial charge is 0.484 e. The molecule has 6 nitrogen and oxygen atoms in total. The molecule has 33 heavy (non-hydrogen) atoms. The molecule has 0 unspecified atom stereocenters. The predicted octanol–water partition coefficient (Wildman–Crippen LogP) is 4.64. The van der Waals surface area contributed by atoms with Crippen LogP contribution in [0.5, 0.6) is 5.75 Å². The number of aromatic nitrogens is 2. The molecule has 3 aromatic carbocycles. The van der Waals surface area contributed by atoms with Gasteiger partial charge in [0.05, 0.1) is 16.6 Å². The third-order valence-electron chi connectivity index (χ3n) is 4.93. The molecule has 1 amide bonds. The standard InChI is InChI=1S/C24H18F3N3O3/c1-30-23(32)20-8-3-2-7-19(20)22(29-30)15-9-11-18(12-10-15)33-14-21(31)28-17-6-4-5-16(13-17)24(25,26)27/h2-13H,14H2,1H3,(H,28,31). The van der Waals surface area contributed by atoms with Gasteiger partial charge >= 0.3 is 6.18 Å². The van der Waals surface area contributed by atoms with Gasteiger partial charge in [-0.15, -0.1) is 0 Å². The van der Waals surface area contributed by atoms with Crippen molar-refractivity contribution in [1.29, 1.82) is 0 Å². The third-order valence-corrected chi connectivity index (χ3v) is 4.93. The van der Waals surface area contributed by atoms with E-state index in [1.165, 1.54) is 16.8 Å². The maximum absolute atomic E-state index is 12.8. The molecule has 4 rings (SSSR count). The Hall–Kier alpha value is -4.14. The van der Waals surface area contributed by atoms with Gasteiger partial charge in [-0.2, -0.15) is 18.3 Å². The number of amides is 1. The van der Waals surface area contributed by atoms with E-state index in [4.69, 9.17) is 4.74 Å². The molecule has 9 heteroatoms. The van der Waals surface area contributed by atoms with Crippen LogP contribution in [0.4, 0.5) is 18.9 Å². The van der Waals surface area contributed by atoms with Crippen molar-refractivity contribution in [2.45, 2.75) is 6.18 Å². The second-order valence-corrected chi connectivity index (χ2v) is 7.26. The zero-order valence-corrected chi connectivity index (χ0v) is 17.4. The molecule has 0 aliphatic carbocycles. The maximum atomic E-state index is 12.8. The molecule has 0 saturated heterocycles. The highest BCUT2D eigenvalue weighted by Gasteiger charge is 2.30. The number of carbonyl (C=O) groups excluding carboxylic acids is 1. The number of hydrogen-bond donors (Lipinski definition) is 1. The van der Waals surface area contributed by atoms with Gasteiger partial charge in [-0.05, 0) is 48.5 Å². The van der Waals surface area contributed by atoms with E-state index in [-0.39, 0.29) is 17.9 Å². The fourth-order valence-corrected chi connectivity index (χ4v) is 3.34. The Balaban J connectivity index is 1.45. The lowest BCUT2D eigenvalue weighted by Crippen LogP contribution is -2.20. The Morgan fingerprint density at radius 1 is 1.00 bits per heavy atom. The molecule has 0 atom stereocenters. The van der Waals surface area contributed by atoms with Gasteiger partial charge in [0.1, 0.15) is 5.75 Å². The van der Waals surface area contributed by atoms with E-state index in [9.17, 15) is 22.8 Å². The Morgan fingerprint density at radius 2 is 1.70 bits per heavy atom. The van der Waals surface area contributed by atoms with Crippen LogP contribution in [0, 0.1) is 0 Å². The molecule has 0 saturated carbocycles. The second-order valence-electron chi connectivity index (χ2n) is 7.26. The van der Waals surface area contributed by atoms with Crippen molar-refractivity contribution < 1.29 is 22.7 Å². The number of nitrogens with zero attached hydrogens (tertiary/aromatic N) is 2. The van der Waals surface area contributed by atoms with Crippen LogP contribution in [0.3, 0.4) is 0 Å². The summed E-state index contributed by atoms with van der Waals surface area (Å²) in [6, 6.07) is 18.3. The van der Waals surface area contributed by atoms with Gasteiger partial charge in [-0.1, -0.05) is 24.3 Å². The molecular formula is C24H18F3N3O3. The highest BCUT2D eigenvalue weighted by molar-refractivity contribution is 5.94. The highest BCUT2D eigenvalue weighted by Crippen LogP contribution is 2.30. The minimum absolute atomic E-state index is 0.0291. The first-order chi connectivity index (χ1) is 15.7. The predicted molar refractivity (Wildman–Crippen MR) is 118 cm³/mol. The summed E-state index contributed by atoms with van der Waals surface area (Å²) in [6.07, 6.45) is -4.50. The molecular weight excluding hydrogens is 435 g/mol. The summed E-state index contributed by atoms with van der Waals surface area (Å²) in [5.74, 6) is -0.198. The SMILES string of the molecule is Cn1nc(-c2ccc(OCC(=O)Nc3cccc(C(F)(F)F)c3)cc2)c2ccccc2c1=O. The number of ether oxygens (including phenoxy) is 1. The summed E-state index contributed by atoms with van der Waals surface area (Å²) in [5, 5.41) is 8.02. The van der Waals surface area contributed by atoms with Crippen LogP contribution >= 0.6 is 0 Å². The van der Waals surface area contributed by atoms with Crippen LogP contribution in [-0.4, -0.2) is 22.3 Å². The number of hydrogen-bond acceptors (Lipinski definition) is 4. The van der Waals surface area contributed by atoms with E-state index < -0.39 is 17.6 Å². The zero-order chi connectivity index (χ0) is 23.6. The summed E-state index contributed by atoms with van der Waals surface area (Å²) >= 11 is 0. The van der Waals surface area contributed by atoms with Gasteiger partial charge in [0.15, 0.2) is 6.61 Å². The Bertz CT molecular complexity index is 1380. The second kappa shape index (κ2) is 8.78. The number of carbonyl (C=O) groups is 1. The maximum Gasteiger partial charge on any atom is 0.416 e. The molecule has 0 aliphatic rings. The first-order valence-corrected chi connectivity index (χ1v) is 9.89. The van der Waals surface area contributed by atoms with Gasteiger partial charge in [-0.25, -0.2) is 4.68 Å². The van der Waals surface area contributed by atoms with Crippen LogP contribution in [0.2, 0.25) is 0 Å². The molecule has 168 valence electrons. The van der Waals surface area contributed by atoms with E-state index in [1.54, 1.807) is 43.4 Å². The average Bonchev–Trinajstić information content (AvgIpc) is 2.80. The Morgan fingerprint density at radius 3 is 2.39 bits per heavy atom. The quantitative estimate of drug-likeness (QED) is 0.478. The average molecular weight is 453 g/mol. The van der Waals surface area contributed by atoms with E-state index in [0.29, 0.717) is 16.8 Å².